The molecule has 0 saturated carbocycles. The van der Waals surface area contributed by atoms with Crippen molar-refractivity contribution in [1.82, 2.24) is 4.98 Å². The molecule has 27 heavy (non-hydrogen) atoms. The third kappa shape index (κ3) is 3.04. The monoisotopic (exact) mass is 364 g/mol. The van der Waals surface area contributed by atoms with Gasteiger partial charge in [0.05, 0.1) is 19.3 Å². The number of esters is 1. The van der Waals surface area contributed by atoms with E-state index in [1.54, 1.807) is 32.2 Å². The van der Waals surface area contributed by atoms with Gasteiger partial charge in [-0.15, -0.1) is 0 Å². The fraction of sp³-hybridized carbons (Fsp3) is 0.190. The maximum atomic E-state index is 12.1. The molecule has 2 aromatic carbocycles. The zero-order valence-corrected chi connectivity index (χ0v) is 15.1. The lowest BCUT2D eigenvalue weighted by molar-refractivity contribution is 0.0526. The molecule has 0 saturated heterocycles. The molecule has 3 aromatic rings. The van der Waals surface area contributed by atoms with Crippen molar-refractivity contribution < 1.29 is 19.4 Å². The van der Waals surface area contributed by atoms with E-state index in [4.69, 9.17) is 9.47 Å². The van der Waals surface area contributed by atoms with Gasteiger partial charge in [0.15, 0.2) is 6.23 Å². The second-order valence-electron chi connectivity index (χ2n) is 6.28. The van der Waals surface area contributed by atoms with Crippen LogP contribution in [0, 0.1) is 0 Å². The van der Waals surface area contributed by atoms with Gasteiger partial charge in [-0.05, 0) is 49.4 Å². The Morgan fingerprint density at radius 2 is 2.11 bits per heavy atom. The Balaban J connectivity index is 1.79. The highest BCUT2D eigenvalue weighted by atomic mass is 16.5. The molecule has 138 valence electrons. The van der Waals surface area contributed by atoms with Gasteiger partial charge in [-0.3, -0.25) is 0 Å². The van der Waals surface area contributed by atoms with Crippen LogP contribution < -0.4 is 10.1 Å². The van der Waals surface area contributed by atoms with Gasteiger partial charge in [0, 0.05) is 39.5 Å². The van der Waals surface area contributed by atoms with E-state index in [1.807, 2.05) is 30.5 Å². The first kappa shape index (κ1) is 17.2. The van der Waals surface area contributed by atoms with Crippen LogP contribution in [0.2, 0.25) is 0 Å². The number of benzene rings is 2. The molecule has 3 N–H and O–H groups in total. The molecule has 0 bridgehead atoms. The summed E-state index contributed by atoms with van der Waals surface area (Å²) in [6.45, 7) is 2.09. The number of aromatic amines is 1. The fourth-order valence-corrected chi connectivity index (χ4v) is 3.31. The van der Waals surface area contributed by atoms with Crippen LogP contribution in [0.4, 0.5) is 5.69 Å². The third-order valence-electron chi connectivity index (χ3n) is 4.66. The van der Waals surface area contributed by atoms with E-state index in [1.165, 1.54) is 0 Å². The number of ether oxygens (including phenoxy) is 2. The number of hydrogen-bond acceptors (Lipinski definition) is 5. The van der Waals surface area contributed by atoms with Gasteiger partial charge in [0.2, 0.25) is 0 Å². The molecule has 0 amide bonds. The minimum Gasteiger partial charge on any atom is -0.497 e. The molecule has 6 heteroatoms. The van der Waals surface area contributed by atoms with Gasteiger partial charge in [-0.25, -0.2) is 4.79 Å². The molecule has 0 fully saturated rings. The Labute approximate surface area is 156 Å². The van der Waals surface area contributed by atoms with Crippen LogP contribution in [-0.4, -0.2) is 36.0 Å². The van der Waals surface area contributed by atoms with E-state index in [0.717, 1.165) is 33.5 Å². The minimum absolute atomic E-state index is 0.316. The SMILES string of the molecule is CCOC(=O)c1ccc2c(c1)C(=Cc1c[nH]c3ccc(OC)cc13)C(O)N2. The second-order valence-corrected chi connectivity index (χ2v) is 6.28. The van der Waals surface area contributed by atoms with Crippen LogP contribution >= 0.6 is 0 Å². The number of H-pyrrole nitrogens is 1. The predicted molar refractivity (Wildman–Crippen MR) is 105 cm³/mol. The Morgan fingerprint density at radius 1 is 1.26 bits per heavy atom. The largest absolute Gasteiger partial charge is 0.497 e. The van der Waals surface area contributed by atoms with Crippen molar-refractivity contribution in [2.45, 2.75) is 13.2 Å². The summed E-state index contributed by atoms with van der Waals surface area (Å²) >= 11 is 0. The summed E-state index contributed by atoms with van der Waals surface area (Å²) in [5.74, 6) is 0.384. The van der Waals surface area contributed by atoms with Crippen molar-refractivity contribution in [3.05, 3.63) is 59.3 Å². The summed E-state index contributed by atoms with van der Waals surface area (Å²) in [7, 11) is 1.63. The number of carbonyl (C=O) groups is 1. The van der Waals surface area contributed by atoms with Gasteiger partial charge in [0.25, 0.3) is 0 Å². The van der Waals surface area contributed by atoms with Crippen LogP contribution in [0.25, 0.3) is 22.6 Å². The van der Waals surface area contributed by atoms with Crippen molar-refractivity contribution in [3.8, 4) is 5.75 Å². The number of aromatic nitrogens is 1. The molecule has 6 nitrogen and oxygen atoms in total. The molecule has 1 aliphatic heterocycles. The van der Waals surface area contributed by atoms with Crippen LogP contribution in [-0.2, 0) is 4.74 Å². The highest BCUT2D eigenvalue weighted by molar-refractivity contribution is 6.01. The van der Waals surface area contributed by atoms with Crippen LogP contribution in [0.1, 0.15) is 28.4 Å². The maximum Gasteiger partial charge on any atom is 0.338 e. The van der Waals surface area contributed by atoms with E-state index < -0.39 is 6.23 Å². The number of rotatable bonds is 4. The smallest absolute Gasteiger partial charge is 0.338 e. The number of anilines is 1. The highest BCUT2D eigenvalue weighted by Gasteiger charge is 2.26. The number of aliphatic hydroxyl groups is 1. The zero-order chi connectivity index (χ0) is 19.0. The van der Waals surface area contributed by atoms with Gasteiger partial charge in [-0.1, -0.05) is 0 Å². The molecule has 2 heterocycles. The predicted octanol–water partition coefficient (Wildman–Crippen LogP) is 3.64. The van der Waals surface area contributed by atoms with E-state index in [-0.39, 0.29) is 5.97 Å². The summed E-state index contributed by atoms with van der Waals surface area (Å²) < 4.78 is 10.4. The molecule has 4 rings (SSSR count). The molecule has 0 aliphatic carbocycles. The number of aliphatic hydroxyl groups excluding tert-OH is 1. The normalized spacial score (nSPS) is 17.0. The zero-order valence-electron chi connectivity index (χ0n) is 15.1. The Morgan fingerprint density at radius 3 is 2.89 bits per heavy atom. The molecule has 0 radical (unpaired) electrons. The van der Waals surface area contributed by atoms with E-state index in [2.05, 4.69) is 10.3 Å². The Kier molecular flexibility index (Phi) is 4.33. The number of nitrogens with one attached hydrogen (secondary N) is 2. The standard InChI is InChI=1S/C21H20N2O4/c1-3-27-21(25)12-4-6-19-16(8-12)17(20(24)23-19)9-13-11-22-18-7-5-14(26-2)10-15(13)18/h4-11,20,22-24H,3H2,1-2H3. The van der Waals surface area contributed by atoms with E-state index >= 15 is 0 Å². The molecular formula is C21H20N2O4. The van der Waals surface area contributed by atoms with E-state index in [9.17, 15) is 9.90 Å². The maximum absolute atomic E-state index is 12.1. The van der Waals surface area contributed by atoms with Crippen molar-refractivity contribution in [2.24, 2.45) is 0 Å². The molecule has 1 atom stereocenters. The first-order valence-corrected chi connectivity index (χ1v) is 8.73. The molecular weight excluding hydrogens is 344 g/mol. The molecule has 1 unspecified atom stereocenters. The number of hydrogen-bond donors (Lipinski definition) is 3. The first-order valence-electron chi connectivity index (χ1n) is 8.73. The van der Waals surface area contributed by atoms with Gasteiger partial charge in [0.1, 0.15) is 5.75 Å². The minimum atomic E-state index is -0.854. The average Bonchev–Trinajstić information content (AvgIpc) is 3.22. The van der Waals surface area contributed by atoms with Crippen LogP contribution in [0.5, 0.6) is 5.75 Å². The third-order valence-corrected chi connectivity index (χ3v) is 4.66. The Hall–Kier alpha value is -3.25. The van der Waals surface area contributed by atoms with Gasteiger partial charge < -0.3 is 24.9 Å². The van der Waals surface area contributed by atoms with Crippen molar-refractivity contribution in [3.63, 3.8) is 0 Å². The molecule has 0 spiro atoms. The van der Waals surface area contributed by atoms with Crippen molar-refractivity contribution in [2.75, 3.05) is 19.0 Å². The van der Waals surface area contributed by atoms with E-state index in [0.29, 0.717) is 17.7 Å². The van der Waals surface area contributed by atoms with Crippen molar-refractivity contribution in [1.29, 1.82) is 0 Å². The quantitative estimate of drug-likeness (QED) is 0.616. The lowest BCUT2D eigenvalue weighted by Crippen LogP contribution is -2.12. The van der Waals surface area contributed by atoms with Crippen molar-refractivity contribution >= 4 is 34.2 Å². The highest BCUT2D eigenvalue weighted by Crippen LogP contribution is 2.37. The lowest BCUT2D eigenvalue weighted by atomic mass is 10.0. The number of methoxy groups -OCH3 is 1. The number of carbonyl (C=O) groups excluding carboxylic acids is 1. The average molecular weight is 364 g/mol. The fourth-order valence-electron chi connectivity index (χ4n) is 3.31. The summed E-state index contributed by atoms with van der Waals surface area (Å²) in [4.78, 5) is 15.3. The summed E-state index contributed by atoms with van der Waals surface area (Å²) in [5, 5.41) is 14.5. The lowest BCUT2D eigenvalue weighted by Gasteiger charge is -2.06. The number of fused-ring (bicyclic) bond motifs is 2. The van der Waals surface area contributed by atoms with Gasteiger partial charge in [-0.2, -0.15) is 0 Å². The molecule has 1 aromatic heterocycles. The summed E-state index contributed by atoms with van der Waals surface area (Å²) in [5.41, 5.74) is 4.61. The molecule has 1 aliphatic rings. The van der Waals surface area contributed by atoms with Gasteiger partial charge >= 0.3 is 5.97 Å². The second kappa shape index (κ2) is 6.81. The topological polar surface area (TPSA) is 83.6 Å². The summed E-state index contributed by atoms with van der Waals surface area (Å²) in [6.07, 6.45) is 2.95. The first-order chi connectivity index (χ1) is 13.1. The summed E-state index contributed by atoms with van der Waals surface area (Å²) in [6, 6.07) is 11.0. The van der Waals surface area contributed by atoms with Crippen LogP contribution in [0.3, 0.4) is 0 Å². The Bertz CT molecular complexity index is 1050. The van der Waals surface area contributed by atoms with Crippen LogP contribution in [0.15, 0.2) is 42.6 Å².